The Kier molecular flexibility index (Phi) is 7.57. The molecule has 7 heteroatoms. The summed E-state index contributed by atoms with van der Waals surface area (Å²) in [4.78, 5) is 36.8. The van der Waals surface area contributed by atoms with Gasteiger partial charge in [-0.1, -0.05) is 18.7 Å². The van der Waals surface area contributed by atoms with Crippen molar-refractivity contribution in [3.05, 3.63) is 35.5 Å². The average molecular weight is 392 g/mol. The zero-order valence-corrected chi connectivity index (χ0v) is 16.6. The molecule has 1 fully saturated rings. The van der Waals surface area contributed by atoms with E-state index in [1.54, 1.807) is 26.0 Å². The van der Waals surface area contributed by atoms with Crippen LogP contribution in [0.25, 0.3) is 0 Å². The Hall–Kier alpha value is -2.41. The van der Waals surface area contributed by atoms with Crippen LogP contribution in [0.5, 0.6) is 0 Å². The van der Waals surface area contributed by atoms with E-state index >= 15 is 0 Å². The minimum atomic E-state index is -0.811. The minimum Gasteiger partial charge on any atom is -0.466 e. The standard InChI is InChI=1S/C21H28O7/c1-5-12(2)19(23)27-17-10-15(21(25)26-4)8-6-7-14(11-22)9-16-18(17)13(3)20(24)28-16/h5,8,14,16-18,22H,3,6-7,9-11H2,1-2,4H3/b12-5-,15-8+/t14?,16-,17-,18-/m1/s1. The minimum absolute atomic E-state index is 0.0726. The van der Waals surface area contributed by atoms with E-state index < -0.39 is 36.0 Å². The molecule has 0 saturated carbocycles. The highest BCUT2D eigenvalue weighted by Crippen LogP contribution is 2.38. The summed E-state index contributed by atoms with van der Waals surface area (Å²) in [6.45, 7) is 7.11. The Morgan fingerprint density at radius 2 is 2.14 bits per heavy atom. The molecular weight excluding hydrogens is 364 g/mol. The number of hydrogen-bond donors (Lipinski definition) is 1. The Balaban J connectivity index is 2.45. The van der Waals surface area contributed by atoms with Crippen molar-refractivity contribution in [2.75, 3.05) is 13.7 Å². The number of aliphatic hydroxyl groups is 1. The first-order valence-electron chi connectivity index (χ1n) is 9.44. The molecule has 28 heavy (non-hydrogen) atoms. The second kappa shape index (κ2) is 9.68. The lowest BCUT2D eigenvalue weighted by molar-refractivity contribution is -0.149. The van der Waals surface area contributed by atoms with Gasteiger partial charge in [-0.25, -0.2) is 14.4 Å². The molecule has 0 radical (unpaired) electrons. The maximum atomic E-state index is 12.4. The van der Waals surface area contributed by atoms with E-state index in [-0.39, 0.29) is 24.5 Å². The normalized spacial score (nSPS) is 30.6. The summed E-state index contributed by atoms with van der Waals surface area (Å²) in [7, 11) is 1.29. The van der Waals surface area contributed by atoms with Crippen molar-refractivity contribution in [3.8, 4) is 0 Å². The Bertz CT molecular complexity index is 704. The summed E-state index contributed by atoms with van der Waals surface area (Å²) in [6.07, 6.45) is 3.71. The number of rotatable bonds is 4. The average Bonchev–Trinajstić information content (AvgIpc) is 2.97. The summed E-state index contributed by atoms with van der Waals surface area (Å²) in [6, 6.07) is 0. The fourth-order valence-corrected chi connectivity index (χ4v) is 3.60. The largest absolute Gasteiger partial charge is 0.466 e. The van der Waals surface area contributed by atoms with Gasteiger partial charge in [0.15, 0.2) is 0 Å². The van der Waals surface area contributed by atoms with Gasteiger partial charge in [0, 0.05) is 29.7 Å². The van der Waals surface area contributed by atoms with Gasteiger partial charge in [0.25, 0.3) is 0 Å². The molecule has 0 bridgehead atoms. The highest BCUT2D eigenvalue weighted by molar-refractivity contribution is 5.92. The summed E-state index contributed by atoms with van der Waals surface area (Å²) < 4.78 is 16.0. The van der Waals surface area contributed by atoms with Crippen molar-refractivity contribution < 1.29 is 33.7 Å². The highest BCUT2D eigenvalue weighted by Gasteiger charge is 2.46. The Labute approximate surface area is 165 Å². The van der Waals surface area contributed by atoms with Gasteiger partial charge in [-0.3, -0.25) is 0 Å². The van der Waals surface area contributed by atoms with Gasteiger partial charge in [-0.2, -0.15) is 0 Å². The van der Waals surface area contributed by atoms with E-state index in [1.165, 1.54) is 7.11 Å². The van der Waals surface area contributed by atoms with Gasteiger partial charge in [-0.15, -0.1) is 0 Å². The second-order valence-electron chi connectivity index (χ2n) is 7.20. The summed E-state index contributed by atoms with van der Waals surface area (Å²) >= 11 is 0. The molecule has 4 atom stereocenters. The first kappa shape index (κ1) is 21.9. The van der Waals surface area contributed by atoms with E-state index in [0.717, 1.165) is 0 Å². The Morgan fingerprint density at radius 1 is 1.43 bits per heavy atom. The monoisotopic (exact) mass is 392 g/mol. The summed E-state index contributed by atoms with van der Waals surface area (Å²) in [5.41, 5.74) is 0.992. The van der Waals surface area contributed by atoms with Gasteiger partial charge >= 0.3 is 17.9 Å². The topological polar surface area (TPSA) is 99.1 Å². The van der Waals surface area contributed by atoms with E-state index in [9.17, 15) is 19.5 Å². The number of ether oxygens (including phenoxy) is 3. The third-order valence-electron chi connectivity index (χ3n) is 5.40. The molecule has 1 heterocycles. The summed E-state index contributed by atoms with van der Waals surface area (Å²) in [5.74, 6) is -2.30. The zero-order valence-electron chi connectivity index (χ0n) is 16.6. The van der Waals surface area contributed by atoms with Crippen LogP contribution in [0, 0.1) is 11.8 Å². The van der Waals surface area contributed by atoms with Crippen molar-refractivity contribution in [2.45, 2.75) is 51.7 Å². The van der Waals surface area contributed by atoms with Crippen molar-refractivity contribution >= 4 is 17.9 Å². The van der Waals surface area contributed by atoms with E-state index in [4.69, 9.17) is 14.2 Å². The second-order valence-corrected chi connectivity index (χ2v) is 7.20. The number of allylic oxidation sites excluding steroid dienone is 2. The van der Waals surface area contributed by atoms with Crippen molar-refractivity contribution in [1.82, 2.24) is 0 Å². The molecule has 0 aromatic rings. The lowest BCUT2D eigenvalue weighted by Gasteiger charge is -2.30. The fourth-order valence-electron chi connectivity index (χ4n) is 3.60. The predicted molar refractivity (Wildman–Crippen MR) is 101 cm³/mol. The molecule has 0 spiro atoms. The Morgan fingerprint density at radius 3 is 2.75 bits per heavy atom. The van der Waals surface area contributed by atoms with Crippen molar-refractivity contribution in [1.29, 1.82) is 0 Å². The highest BCUT2D eigenvalue weighted by atomic mass is 16.6. The van der Waals surface area contributed by atoms with Gasteiger partial charge in [-0.05, 0) is 39.0 Å². The van der Waals surface area contributed by atoms with Crippen LogP contribution in [0.3, 0.4) is 0 Å². The lowest BCUT2D eigenvalue weighted by Crippen LogP contribution is -2.36. The number of esters is 3. The molecule has 0 amide bonds. The number of hydrogen-bond acceptors (Lipinski definition) is 7. The number of fused-ring (bicyclic) bond motifs is 1. The summed E-state index contributed by atoms with van der Waals surface area (Å²) in [5, 5.41) is 9.69. The van der Waals surface area contributed by atoms with Crippen molar-refractivity contribution in [2.24, 2.45) is 11.8 Å². The molecular formula is C21H28O7. The number of methoxy groups -OCH3 is 1. The number of carbonyl (C=O) groups is 3. The van der Waals surface area contributed by atoms with Crippen LogP contribution >= 0.6 is 0 Å². The number of carbonyl (C=O) groups excluding carboxylic acids is 3. The van der Waals surface area contributed by atoms with Crippen LogP contribution in [0.15, 0.2) is 35.5 Å². The molecule has 2 aliphatic rings. The number of aliphatic hydroxyl groups excluding tert-OH is 1. The maximum absolute atomic E-state index is 12.4. The third-order valence-corrected chi connectivity index (χ3v) is 5.40. The third kappa shape index (κ3) is 4.90. The predicted octanol–water partition coefficient (Wildman–Crippen LogP) is 2.24. The van der Waals surface area contributed by atoms with Crippen LogP contribution < -0.4 is 0 Å². The van der Waals surface area contributed by atoms with Gasteiger partial charge in [0.2, 0.25) is 0 Å². The molecule has 1 aliphatic carbocycles. The smallest absolute Gasteiger partial charge is 0.334 e. The maximum Gasteiger partial charge on any atom is 0.334 e. The van der Waals surface area contributed by atoms with Crippen LogP contribution in [0.1, 0.15) is 39.5 Å². The van der Waals surface area contributed by atoms with Crippen LogP contribution in [-0.2, 0) is 28.6 Å². The van der Waals surface area contributed by atoms with Crippen molar-refractivity contribution in [3.63, 3.8) is 0 Å². The van der Waals surface area contributed by atoms with E-state index in [1.807, 2.05) is 0 Å². The zero-order chi connectivity index (χ0) is 20.8. The molecule has 0 aromatic heterocycles. The van der Waals surface area contributed by atoms with Gasteiger partial charge in [0.1, 0.15) is 12.2 Å². The van der Waals surface area contributed by atoms with E-state index in [2.05, 4.69) is 6.58 Å². The fraction of sp³-hybridized carbons (Fsp3) is 0.571. The SMILES string of the molecule is C=C1C(=O)O[C@@H]2CC(CO)CC/C=C(/C(=O)OC)C[C@@H](OC(=O)/C(C)=C\C)[C@H]12. The van der Waals surface area contributed by atoms with E-state index in [0.29, 0.717) is 30.4 Å². The first-order valence-corrected chi connectivity index (χ1v) is 9.44. The van der Waals surface area contributed by atoms with Crippen LogP contribution in [0.4, 0.5) is 0 Å². The molecule has 0 aromatic carbocycles. The first-order chi connectivity index (χ1) is 13.3. The van der Waals surface area contributed by atoms with Crippen LogP contribution in [0.2, 0.25) is 0 Å². The lowest BCUT2D eigenvalue weighted by atomic mass is 9.81. The molecule has 2 rings (SSSR count). The van der Waals surface area contributed by atoms with Gasteiger partial charge in [0.05, 0.1) is 13.0 Å². The molecule has 1 saturated heterocycles. The molecule has 1 N–H and O–H groups in total. The van der Waals surface area contributed by atoms with Crippen LogP contribution in [-0.4, -0.2) is 48.9 Å². The quantitative estimate of drug-likeness (QED) is 0.445. The van der Waals surface area contributed by atoms with Gasteiger partial charge < -0.3 is 19.3 Å². The molecule has 1 aliphatic heterocycles. The molecule has 154 valence electrons. The molecule has 7 nitrogen and oxygen atoms in total. The molecule has 1 unspecified atom stereocenters.